The first-order valence-electron chi connectivity index (χ1n) is 9.56. The minimum atomic E-state index is -3.71. The molecule has 0 aromatic heterocycles. The topological polar surface area (TPSA) is 75.7 Å². The quantitative estimate of drug-likeness (QED) is 0.596. The van der Waals surface area contributed by atoms with Gasteiger partial charge in [-0.15, -0.1) is 0 Å². The van der Waals surface area contributed by atoms with Gasteiger partial charge in [0, 0.05) is 19.2 Å². The van der Waals surface area contributed by atoms with Crippen molar-refractivity contribution in [2.24, 2.45) is 0 Å². The molecular formula is C23H24N2O4S. The number of hydrogen-bond donors (Lipinski definition) is 1. The Kier molecular flexibility index (Phi) is 6.74. The normalized spacial score (nSPS) is 11.0. The number of anilines is 1. The van der Waals surface area contributed by atoms with Gasteiger partial charge in [0.05, 0.1) is 17.2 Å². The molecule has 0 fully saturated rings. The molecular weight excluding hydrogens is 400 g/mol. The van der Waals surface area contributed by atoms with Gasteiger partial charge in [0.2, 0.25) is 0 Å². The number of hydrogen-bond acceptors (Lipinski definition) is 4. The van der Waals surface area contributed by atoms with E-state index in [1.807, 2.05) is 37.3 Å². The van der Waals surface area contributed by atoms with E-state index in [-0.39, 0.29) is 10.8 Å². The summed E-state index contributed by atoms with van der Waals surface area (Å²) in [5, 5.41) is 2.84. The summed E-state index contributed by atoms with van der Waals surface area (Å²) in [6.07, 6.45) is 0. The van der Waals surface area contributed by atoms with Crippen LogP contribution in [0, 0.1) is 0 Å². The van der Waals surface area contributed by atoms with Crippen LogP contribution in [-0.4, -0.2) is 28.0 Å². The Balaban J connectivity index is 1.67. The minimum Gasteiger partial charge on any atom is -0.494 e. The molecule has 0 saturated carbocycles. The zero-order chi connectivity index (χ0) is 21.6. The Hall–Kier alpha value is -3.32. The van der Waals surface area contributed by atoms with Crippen LogP contribution in [0.4, 0.5) is 5.69 Å². The number of carbonyl (C=O) groups excluding carboxylic acids is 1. The molecule has 0 spiro atoms. The van der Waals surface area contributed by atoms with Crippen molar-refractivity contribution in [3.63, 3.8) is 0 Å². The lowest BCUT2D eigenvalue weighted by Gasteiger charge is -2.19. The maximum atomic E-state index is 12.8. The molecule has 1 N–H and O–H groups in total. The molecule has 0 radical (unpaired) electrons. The highest BCUT2D eigenvalue weighted by molar-refractivity contribution is 7.92. The molecule has 7 heteroatoms. The Morgan fingerprint density at radius 1 is 0.967 bits per heavy atom. The highest BCUT2D eigenvalue weighted by atomic mass is 32.2. The average Bonchev–Trinajstić information content (AvgIpc) is 2.78. The second-order valence-electron chi connectivity index (χ2n) is 6.60. The first-order valence-corrected chi connectivity index (χ1v) is 11.0. The minimum absolute atomic E-state index is 0.120. The summed E-state index contributed by atoms with van der Waals surface area (Å²) in [5.41, 5.74) is 1.86. The summed E-state index contributed by atoms with van der Waals surface area (Å²) in [5.74, 6) is 0.471. The fourth-order valence-corrected chi connectivity index (χ4v) is 4.10. The van der Waals surface area contributed by atoms with E-state index >= 15 is 0 Å². The molecule has 3 aromatic rings. The van der Waals surface area contributed by atoms with Gasteiger partial charge < -0.3 is 10.1 Å². The average molecular weight is 425 g/mol. The Bertz CT molecular complexity index is 1100. The number of benzene rings is 3. The molecule has 6 nitrogen and oxygen atoms in total. The van der Waals surface area contributed by atoms with E-state index in [2.05, 4.69) is 5.32 Å². The van der Waals surface area contributed by atoms with E-state index in [0.29, 0.717) is 24.4 Å². The fourth-order valence-electron chi connectivity index (χ4n) is 2.91. The standard InChI is InChI=1S/C23H24N2O4S/c1-3-29-21-11-7-8-18(16-21)17-24-23(26)19-12-14-22(15-13-19)30(27,28)25(2)20-9-5-4-6-10-20/h4-16H,3,17H2,1-2H3,(H,24,26). The number of nitrogens with zero attached hydrogens (tertiary/aromatic N) is 1. The van der Waals surface area contributed by atoms with E-state index in [1.165, 1.54) is 35.6 Å². The van der Waals surface area contributed by atoms with Gasteiger partial charge in [-0.1, -0.05) is 30.3 Å². The first kappa shape index (κ1) is 21.4. The molecule has 0 heterocycles. The van der Waals surface area contributed by atoms with Crippen LogP contribution in [0.1, 0.15) is 22.8 Å². The van der Waals surface area contributed by atoms with Gasteiger partial charge in [-0.2, -0.15) is 0 Å². The summed E-state index contributed by atoms with van der Waals surface area (Å²) in [6.45, 7) is 2.83. The highest BCUT2D eigenvalue weighted by Gasteiger charge is 2.21. The van der Waals surface area contributed by atoms with Crippen molar-refractivity contribution in [3.8, 4) is 5.75 Å². The van der Waals surface area contributed by atoms with Crippen molar-refractivity contribution >= 4 is 21.6 Å². The van der Waals surface area contributed by atoms with Crippen LogP contribution >= 0.6 is 0 Å². The third-order valence-corrected chi connectivity index (χ3v) is 6.36. The molecule has 0 bridgehead atoms. The SMILES string of the molecule is CCOc1cccc(CNC(=O)c2ccc(S(=O)(=O)N(C)c3ccccc3)cc2)c1. The van der Waals surface area contributed by atoms with Crippen molar-refractivity contribution in [1.29, 1.82) is 0 Å². The summed E-state index contributed by atoms with van der Waals surface area (Å²) in [4.78, 5) is 12.6. The predicted octanol–water partition coefficient (Wildman–Crippen LogP) is 3.84. The number of ether oxygens (including phenoxy) is 1. The molecule has 0 saturated heterocycles. The van der Waals surface area contributed by atoms with E-state index in [4.69, 9.17) is 4.74 Å². The van der Waals surface area contributed by atoms with Gasteiger partial charge in [0.15, 0.2) is 0 Å². The zero-order valence-electron chi connectivity index (χ0n) is 16.9. The third-order valence-electron chi connectivity index (χ3n) is 4.56. The van der Waals surface area contributed by atoms with Crippen molar-refractivity contribution in [2.45, 2.75) is 18.4 Å². The summed E-state index contributed by atoms with van der Waals surface area (Å²) < 4.78 is 32.3. The largest absolute Gasteiger partial charge is 0.494 e. The summed E-state index contributed by atoms with van der Waals surface area (Å²) >= 11 is 0. The maximum Gasteiger partial charge on any atom is 0.264 e. The lowest BCUT2D eigenvalue weighted by atomic mass is 10.2. The highest BCUT2D eigenvalue weighted by Crippen LogP contribution is 2.22. The molecule has 156 valence electrons. The predicted molar refractivity (Wildman–Crippen MR) is 117 cm³/mol. The monoisotopic (exact) mass is 424 g/mol. The summed E-state index contributed by atoms with van der Waals surface area (Å²) in [7, 11) is -2.21. The second-order valence-corrected chi connectivity index (χ2v) is 8.56. The third kappa shape index (κ3) is 4.99. The van der Waals surface area contributed by atoms with Crippen molar-refractivity contribution < 1.29 is 17.9 Å². The van der Waals surface area contributed by atoms with Crippen LogP contribution in [0.2, 0.25) is 0 Å². The van der Waals surface area contributed by atoms with Gasteiger partial charge in [-0.05, 0) is 61.0 Å². The lowest BCUT2D eigenvalue weighted by molar-refractivity contribution is 0.0950. The van der Waals surface area contributed by atoms with E-state index in [9.17, 15) is 13.2 Å². The maximum absolute atomic E-state index is 12.8. The zero-order valence-corrected chi connectivity index (χ0v) is 17.7. The van der Waals surface area contributed by atoms with Crippen molar-refractivity contribution in [2.75, 3.05) is 18.0 Å². The molecule has 3 aromatic carbocycles. The molecule has 0 aliphatic carbocycles. The molecule has 0 aliphatic heterocycles. The molecule has 0 unspecified atom stereocenters. The van der Waals surface area contributed by atoms with Gasteiger partial charge >= 0.3 is 0 Å². The number of para-hydroxylation sites is 1. The number of rotatable bonds is 8. The molecule has 30 heavy (non-hydrogen) atoms. The fraction of sp³-hybridized carbons (Fsp3) is 0.174. The van der Waals surface area contributed by atoms with Crippen LogP contribution in [0.25, 0.3) is 0 Å². The summed E-state index contributed by atoms with van der Waals surface area (Å²) in [6, 6.07) is 22.2. The number of carbonyl (C=O) groups is 1. The van der Waals surface area contributed by atoms with Crippen LogP contribution < -0.4 is 14.4 Å². The molecule has 3 rings (SSSR count). The second kappa shape index (κ2) is 9.45. The van der Waals surface area contributed by atoms with Crippen LogP contribution in [0.15, 0.2) is 83.8 Å². The first-order chi connectivity index (χ1) is 14.4. The van der Waals surface area contributed by atoms with Gasteiger partial charge in [0.1, 0.15) is 5.75 Å². The number of nitrogens with one attached hydrogen (secondary N) is 1. The van der Waals surface area contributed by atoms with Gasteiger partial charge in [-0.3, -0.25) is 9.10 Å². The number of sulfonamides is 1. The van der Waals surface area contributed by atoms with Crippen LogP contribution in [0.5, 0.6) is 5.75 Å². The Morgan fingerprint density at radius 3 is 2.33 bits per heavy atom. The van der Waals surface area contributed by atoms with Crippen molar-refractivity contribution in [1.82, 2.24) is 5.32 Å². The van der Waals surface area contributed by atoms with E-state index in [0.717, 1.165) is 11.3 Å². The Labute approximate surface area is 177 Å². The van der Waals surface area contributed by atoms with Crippen molar-refractivity contribution in [3.05, 3.63) is 90.0 Å². The number of amides is 1. The van der Waals surface area contributed by atoms with E-state index in [1.54, 1.807) is 24.3 Å². The van der Waals surface area contributed by atoms with Gasteiger partial charge in [0.25, 0.3) is 15.9 Å². The molecule has 0 atom stereocenters. The van der Waals surface area contributed by atoms with Gasteiger partial charge in [-0.25, -0.2) is 8.42 Å². The molecule has 1 amide bonds. The lowest BCUT2D eigenvalue weighted by Crippen LogP contribution is -2.27. The Morgan fingerprint density at radius 2 is 1.67 bits per heavy atom. The smallest absolute Gasteiger partial charge is 0.264 e. The van der Waals surface area contributed by atoms with Crippen LogP contribution in [-0.2, 0) is 16.6 Å². The van der Waals surface area contributed by atoms with Crippen LogP contribution in [0.3, 0.4) is 0 Å². The molecule has 0 aliphatic rings. The van der Waals surface area contributed by atoms with E-state index < -0.39 is 10.0 Å².